The molecule has 5 nitrogen and oxygen atoms in total. The normalized spacial score (nSPS) is 14.5. The second-order valence-corrected chi connectivity index (χ2v) is 6.20. The van der Waals surface area contributed by atoms with E-state index in [9.17, 15) is 9.59 Å². The number of aromatic nitrogens is 2. The Labute approximate surface area is 130 Å². The number of hydrogen-bond acceptors (Lipinski definition) is 2. The summed E-state index contributed by atoms with van der Waals surface area (Å²) in [5.74, 6) is 0.715. The van der Waals surface area contributed by atoms with Gasteiger partial charge in [0.1, 0.15) is 6.54 Å². The highest BCUT2D eigenvalue weighted by Crippen LogP contribution is 2.29. The number of nitrogens with zero attached hydrogens (tertiary/aromatic N) is 3. The van der Waals surface area contributed by atoms with Crippen molar-refractivity contribution in [2.75, 3.05) is 13.1 Å². The lowest BCUT2D eigenvalue weighted by atomic mass is 10.3. The van der Waals surface area contributed by atoms with Crippen molar-refractivity contribution < 1.29 is 4.79 Å². The Morgan fingerprint density at radius 3 is 2.59 bits per heavy atom. The van der Waals surface area contributed by atoms with Crippen LogP contribution in [0.4, 0.5) is 0 Å². The molecular formula is C17H23N3O2. The van der Waals surface area contributed by atoms with E-state index in [1.807, 2.05) is 29.2 Å². The van der Waals surface area contributed by atoms with Crippen LogP contribution in [0, 0.1) is 5.92 Å². The third kappa shape index (κ3) is 2.80. The van der Waals surface area contributed by atoms with Crippen molar-refractivity contribution in [1.29, 1.82) is 0 Å². The van der Waals surface area contributed by atoms with E-state index in [0.29, 0.717) is 5.92 Å². The summed E-state index contributed by atoms with van der Waals surface area (Å²) in [6.45, 7) is 3.82. The van der Waals surface area contributed by atoms with Crippen molar-refractivity contribution in [2.45, 2.75) is 32.7 Å². The van der Waals surface area contributed by atoms with Crippen molar-refractivity contribution in [3.05, 3.63) is 34.7 Å². The van der Waals surface area contributed by atoms with E-state index in [1.165, 1.54) is 12.8 Å². The molecule has 0 radical (unpaired) electrons. The molecule has 1 aliphatic carbocycles. The number of carbonyl (C=O) groups is 1. The highest BCUT2D eigenvalue weighted by atomic mass is 16.2. The molecule has 22 heavy (non-hydrogen) atoms. The molecule has 1 heterocycles. The monoisotopic (exact) mass is 301 g/mol. The van der Waals surface area contributed by atoms with Crippen molar-refractivity contribution in [1.82, 2.24) is 14.0 Å². The number of imidazole rings is 1. The van der Waals surface area contributed by atoms with Crippen LogP contribution in [0.3, 0.4) is 0 Å². The maximum Gasteiger partial charge on any atom is 0.329 e. The first-order valence-electron chi connectivity index (χ1n) is 8.03. The minimum Gasteiger partial charge on any atom is -0.341 e. The van der Waals surface area contributed by atoms with E-state index < -0.39 is 0 Å². The Morgan fingerprint density at radius 2 is 1.95 bits per heavy atom. The second kappa shape index (κ2) is 5.99. The van der Waals surface area contributed by atoms with Crippen LogP contribution in [0.2, 0.25) is 0 Å². The molecule has 0 bridgehead atoms. The average molecular weight is 301 g/mol. The van der Waals surface area contributed by atoms with Gasteiger partial charge in [-0.15, -0.1) is 0 Å². The first-order valence-corrected chi connectivity index (χ1v) is 8.03. The van der Waals surface area contributed by atoms with Gasteiger partial charge in [-0.05, 0) is 37.3 Å². The summed E-state index contributed by atoms with van der Waals surface area (Å²) in [4.78, 5) is 26.9. The maximum absolute atomic E-state index is 12.6. The molecule has 1 fully saturated rings. The molecule has 5 heteroatoms. The number of fused-ring (bicyclic) bond motifs is 1. The Balaban J connectivity index is 1.86. The van der Waals surface area contributed by atoms with Gasteiger partial charge in [0.05, 0.1) is 11.0 Å². The zero-order valence-corrected chi connectivity index (χ0v) is 13.3. The van der Waals surface area contributed by atoms with Gasteiger partial charge < -0.3 is 4.90 Å². The van der Waals surface area contributed by atoms with Crippen molar-refractivity contribution in [2.24, 2.45) is 13.0 Å². The van der Waals surface area contributed by atoms with E-state index in [2.05, 4.69) is 6.92 Å². The van der Waals surface area contributed by atoms with Crippen molar-refractivity contribution in [3.63, 3.8) is 0 Å². The van der Waals surface area contributed by atoms with Crippen LogP contribution in [-0.2, 0) is 18.4 Å². The summed E-state index contributed by atoms with van der Waals surface area (Å²) in [5.41, 5.74) is 1.56. The van der Waals surface area contributed by atoms with Crippen LogP contribution in [0.5, 0.6) is 0 Å². The molecule has 0 N–H and O–H groups in total. The van der Waals surface area contributed by atoms with Gasteiger partial charge in [0.25, 0.3) is 0 Å². The predicted octanol–water partition coefficient (Wildman–Crippen LogP) is 1.99. The Morgan fingerprint density at radius 1 is 1.27 bits per heavy atom. The zero-order valence-electron chi connectivity index (χ0n) is 13.3. The number of para-hydroxylation sites is 2. The number of benzene rings is 1. The molecule has 118 valence electrons. The largest absolute Gasteiger partial charge is 0.341 e. The fraction of sp³-hybridized carbons (Fsp3) is 0.529. The van der Waals surface area contributed by atoms with E-state index in [0.717, 1.165) is 30.5 Å². The number of rotatable bonds is 6. The zero-order chi connectivity index (χ0) is 15.7. The number of carbonyl (C=O) groups excluding carboxylic acids is 1. The highest BCUT2D eigenvalue weighted by Gasteiger charge is 2.27. The predicted molar refractivity (Wildman–Crippen MR) is 86.8 cm³/mol. The molecule has 0 aliphatic heterocycles. The minimum absolute atomic E-state index is 0.0483. The fourth-order valence-corrected chi connectivity index (χ4v) is 2.95. The van der Waals surface area contributed by atoms with Gasteiger partial charge in [0.15, 0.2) is 0 Å². The van der Waals surface area contributed by atoms with E-state index in [-0.39, 0.29) is 18.1 Å². The first-order chi connectivity index (χ1) is 10.6. The molecular weight excluding hydrogens is 278 g/mol. The topological polar surface area (TPSA) is 47.2 Å². The molecule has 1 saturated carbocycles. The Kier molecular flexibility index (Phi) is 4.05. The molecule has 3 rings (SSSR count). The number of aryl methyl sites for hydroxylation is 1. The summed E-state index contributed by atoms with van der Waals surface area (Å²) in [6.07, 6.45) is 3.40. The lowest BCUT2D eigenvalue weighted by Crippen LogP contribution is -2.38. The van der Waals surface area contributed by atoms with Crippen LogP contribution in [0.15, 0.2) is 29.1 Å². The molecule has 1 aliphatic rings. The standard InChI is InChI=1S/C17H23N3O2/c1-3-10-19(11-13-8-9-13)16(21)12-20-15-7-5-4-6-14(15)18(2)17(20)22/h4-7,13H,3,8-12H2,1-2H3. The van der Waals surface area contributed by atoms with E-state index >= 15 is 0 Å². The van der Waals surface area contributed by atoms with Crippen LogP contribution >= 0.6 is 0 Å². The quantitative estimate of drug-likeness (QED) is 0.819. The first kappa shape index (κ1) is 14.9. The molecule has 0 spiro atoms. The number of amides is 1. The minimum atomic E-state index is -0.127. The van der Waals surface area contributed by atoms with Crippen molar-refractivity contribution in [3.8, 4) is 0 Å². The van der Waals surface area contributed by atoms with Crippen LogP contribution in [-0.4, -0.2) is 33.0 Å². The van der Waals surface area contributed by atoms with Gasteiger partial charge in [-0.25, -0.2) is 4.79 Å². The smallest absolute Gasteiger partial charge is 0.329 e. The van der Waals surface area contributed by atoms with Gasteiger partial charge >= 0.3 is 5.69 Å². The molecule has 2 aromatic rings. The molecule has 0 saturated heterocycles. The summed E-state index contributed by atoms with van der Waals surface area (Å²) in [7, 11) is 1.75. The van der Waals surface area contributed by atoms with Crippen LogP contribution in [0.25, 0.3) is 11.0 Å². The van der Waals surface area contributed by atoms with E-state index in [1.54, 1.807) is 16.2 Å². The van der Waals surface area contributed by atoms with Crippen LogP contribution < -0.4 is 5.69 Å². The van der Waals surface area contributed by atoms with Gasteiger partial charge in [-0.1, -0.05) is 19.1 Å². The van der Waals surface area contributed by atoms with Gasteiger partial charge in [0, 0.05) is 20.1 Å². The second-order valence-electron chi connectivity index (χ2n) is 6.20. The molecule has 1 aromatic heterocycles. The summed E-state index contributed by atoms with van der Waals surface area (Å²) in [5, 5.41) is 0. The van der Waals surface area contributed by atoms with Crippen LogP contribution in [0.1, 0.15) is 26.2 Å². The third-order valence-corrected chi connectivity index (χ3v) is 4.37. The van der Waals surface area contributed by atoms with Gasteiger partial charge in [-0.3, -0.25) is 13.9 Å². The molecule has 0 atom stereocenters. The third-order valence-electron chi connectivity index (χ3n) is 4.37. The maximum atomic E-state index is 12.6. The lowest BCUT2D eigenvalue weighted by molar-refractivity contribution is -0.132. The van der Waals surface area contributed by atoms with Crippen molar-refractivity contribution >= 4 is 16.9 Å². The Hall–Kier alpha value is -2.04. The number of hydrogen-bond donors (Lipinski definition) is 0. The molecule has 1 aromatic carbocycles. The SMILES string of the molecule is CCCN(CC1CC1)C(=O)Cn1c(=O)n(C)c2ccccc21. The van der Waals surface area contributed by atoms with Gasteiger partial charge in [-0.2, -0.15) is 0 Å². The summed E-state index contributed by atoms with van der Waals surface area (Å²) < 4.78 is 3.20. The highest BCUT2D eigenvalue weighted by molar-refractivity contribution is 5.81. The van der Waals surface area contributed by atoms with E-state index in [4.69, 9.17) is 0 Å². The Bertz CT molecular complexity index is 740. The summed E-state index contributed by atoms with van der Waals surface area (Å²) >= 11 is 0. The lowest BCUT2D eigenvalue weighted by Gasteiger charge is -2.22. The molecule has 1 amide bonds. The van der Waals surface area contributed by atoms with Gasteiger partial charge in [0.2, 0.25) is 5.91 Å². The molecule has 0 unspecified atom stereocenters. The average Bonchev–Trinajstić information content (AvgIpc) is 3.31. The fourth-order valence-electron chi connectivity index (χ4n) is 2.95. The summed E-state index contributed by atoms with van der Waals surface area (Å²) in [6, 6.07) is 7.61.